The van der Waals surface area contributed by atoms with Crippen LogP contribution in [0.1, 0.15) is 18.9 Å². The van der Waals surface area contributed by atoms with Gasteiger partial charge in [0.05, 0.1) is 18.1 Å². The van der Waals surface area contributed by atoms with E-state index in [2.05, 4.69) is 4.72 Å². The quantitative estimate of drug-likeness (QED) is 0.784. The molecular weight excluding hydrogens is 294 g/mol. The number of aliphatic carboxylic acids is 1. The molecule has 1 saturated heterocycles. The van der Waals surface area contributed by atoms with Gasteiger partial charge in [-0.2, -0.15) is 0 Å². The smallest absolute Gasteiger partial charge is 0.303 e. The maximum Gasteiger partial charge on any atom is 0.303 e. The highest BCUT2D eigenvalue weighted by Crippen LogP contribution is 2.25. The SMILES string of the molecule is CC1(CNS(=O)(=O)c2ccc(CCC(=O)O)cc2)COC1. The number of carboxylic acids is 1. The third-order valence-corrected chi connectivity index (χ3v) is 4.87. The molecule has 1 aliphatic rings. The van der Waals surface area contributed by atoms with Crippen molar-refractivity contribution in [1.82, 2.24) is 4.72 Å². The molecule has 1 fully saturated rings. The van der Waals surface area contributed by atoms with Gasteiger partial charge in [-0.25, -0.2) is 13.1 Å². The summed E-state index contributed by atoms with van der Waals surface area (Å²) < 4.78 is 32.0. The Hall–Kier alpha value is -1.44. The summed E-state index contributed by atoms with van der Waals surface area (Å²) in [6, 6.07) is 6.29. The van der Waals surface area contributed by atoms with E-state index < -0.39 is 16.0 Å². The summed E-state index contributed by atoms with van der Waals surface area (Å²) in [6.45, 7) is 3.43. The Bertz CT molecular complexity index is 605. The van der Waals surface area contributed by atoms with Crippen LogP contribution in [-0.2, 0) is 26.0 Å². The van der Waals surface area contributed by atoms with Crippen molar-refractivity contribution in [2.24, 2.45) is 5.41 Å². The fraction of sp³-hybridized carbons (Fsp3) is 0.500. The molecule has 1 aromatic carbocycles. The minimum absolute atomic E-state index is 0.0305. The third kappa shape index (κ3) is 4.26. The van der Waals surface area contributed by atoms with Crippen molar-refractivity contribution in [2.45, 2.75) is 24.7 Å². The standard InChI is InChI=1S/C14H19NO5S/c1-14(9-20-10-14)8-15-21(18,19)12-5-2-11(3-6-12)4-7-13(16)17/h2-3,5-6,15H,4,7-10H2,1H3,(H,16,17). The molecule has 21 heavy (non-hydrogen) atoms. The molecule has 2 rings (SSSR count). The van der Waals surface area contributed by atoms with Crippen molar-refractivity contribution in [3.05, 3.63) is 29.8 Å². The molecule has 1 heterocycles. The van der Waals surface area contributed by atoms with Gasteiger partial charge in [-0.1, -0.05) is 19.1 Å². The number of carboxylic acid groups (broad SMARTS) is 1. The van der Waals surface area contributed by atoms with E-state index >= 15 is 0 Å². The molecule has 0 amide bonds. The normalized spacial score (nSPS) is 17.2. The zero-order chi connectivity index (χ0) is 15.5. The largest absolute Gasteiger partial charge is 0.481 e. The average molecular weight is 313 g/mol. The first-order valence-corrected chi connectivity index (χ1v) is 8.17. The van der Waals surface area contributed by atoms with Crippen LogP contribution in [0.25, 0.3) is 0 Å². The van der Waals surface area contributed by atoms with Crippen LogP contribution >= 0.6 is 0 Å². The summed E-state index contributed by atoms with van der Waals surface area (Å²) in [7, 11) is -3.54. The molecule has 0 aliphatic carbocycles. The van der Waals surface area contributed by atoms with Gasteiger partial charge >= 0.3 is 5.97 Å². The Morgan fingerprint density at radius 1 is 1.33 bits per heavy atom. The third-order valence-electron chi connectivity index (χ3n) is 3.45. The van der Waals surface area contributed by atoms with Gasteiger partial charge in [-0.05, 0) is 24.1 Å². The lowest BCUT2D eigenvalue weighted by atomic mass is 9.89. The summed E-state index contributed by atoms with van der Waals surface area (Å²) >= 11 is 0. The van der Waals surface area contributed by atoms with Gasteiger partial charge in [0.15, 0.2) is 0 Å². The summed E-state index contributed by atoms with van der Waals surface area (Å²) in [5.41, 5.74) is 0.671. The summed E-state index contributed by atoms with van der Waals surface area (Å²) in [6.07, 6.45) is 0.418. The topological polar surface area (TPSA) is 92.7 Å². The molecule has 0 bridgehead atoms. The first kappa shape index (κ1) is 15.9. The van der Waals surface area contributed by atoms with E-state index in [1.54, 1.807) is 12.1 Å². The molecule has 7 heteroatoms. The minimum Gasteiger partial charge on any atom is -0.481 e. The van der Waals surface area contributed by atoms with Crippen molar-refractivity contribution in [2.75, 3.05) is 19.8 Å². The fourth-order valence-electron chi connectivity index (χ4n) is 1.99. The maximum atomic E-state index is 12.2. The maximum absolute atomic E-state index is 12.2. The second-order valence-electron chi connectivity index (χ2n) is 5.67. The zero-order valence-corrected chi connectivity index (χ0v) is 12.6. The highest BCUT2D eigenvalue weighted by atomic mass is 32.2. The predicted octanol–water partition coefficient (Wildman–Crippen LogP) is 1.02. The van der Waals surface area contributed by atoms with Crippen LogP contribution in [0.2, 0.25) is 0 Å². The van der Waals surface area contributed by atoms with Crippen LogP contribution in [0.4, 0.5) is 0 Å². The van der Waals surface area contributed by atoms with Gasteiger partial charge in [0, 0.05) is 18.4 Å². The molecule has 0 radical (unpaired) electrons. The number of hydrogen-bond donors (Lipinski definition) is 2. The summed E-state index contributed by atoms with van der Waals surface area (Å²) in [5.74, 6) is -0.871. The predicted molar refractivity (Wildman–Crippen MR) is 76.5 cm³/mol. The number of rotatable bonds is 7. The number of ether oxygens (including phenoxy) is 1. The molecule has 1 aliphatic heterocycles. The average Bonchev–Trinajstić information content (AvgIpc) is 2.41. The van der Waals surface area contributed by atoms with Crippen molar-refractivity contribution in [1.29, 1.82) is 0 Å². The van der Waals surface area contributed by atoms with Crippen LogP contribution in [0.5, 0.6) is 0 Å². The first-order valence-electron chi connectivity index (χ1n) is 6.69. The number of benzene rings is 1. The van der Waals surface area contributed by atoms with Crippen molar-refractivity contribution in [3.8, 4) is 0 Å². The second kappa shape index (κ2) is 6.13. The molecule has 2 N–H and O–H groups in total. The van der Waals surface area contributed by atoms with Gasteiger partial charge in [-0.15, -0.1) is 0 Å². The minimum atomic E-state index is -3.54. The van der Waals surface area contributed by atoms with Gasteiger partial charge in [-0.3, -0.25) is 4.79 Å². The van der Waals surface area contributed by atoms with Crippen LogP contribution in [0.15, 0.2) is 29.2 Å². The van der Waals surface area contributed by atoms with Crippen LogP contribution in [0.3, 0.4) is 0 Å². The van der Waals surface area contributed by atoms with E-state index in [1.807, 2.05) is 6.92 Å². The molecular formula is C14H19NO5S. The molecule has 0 saturated carbocycles. The monoisotopic (exact) mass is 313 g/mol. The van der Waals surface area contributed by atoms with E-state index in [0.717, 1.165) is 5.56 Å². The Morgan fingerprint density at radius 2 is 1.95 bits per heavy atom. The Kier molecular flexibility index (Phi) is 4.65. The van der Waals surface area contributed by atoms with Crippen molar-refractivity contribution < 1.29 is 23.1 Å². The van der Waals surface area contributed by atoms with E-state index in [4.69, 9.17) is 9.84 Å². The number of sulfonamides is 1. The molecule has 0 unspecified atom stereocenters. The lowest BCUT2D eigenvalue weighted by Gasteiger charge is -2.37. The second-order valence-corrected chi connectivity index (χ2v) is 7.43. The van der Waals surface area contributed by atoms with Crippen LogP contribution in [-0.4, -0.2) is 39.3 Å². The van der Waals surface area contributed by atoms with E-state index in [0.29, 0.717) is 26.2 Å². The summed E-state index contributed by atoms with van der Waals surface area (Å²) in [4.78, 5) is 10.7. The highest BCUT2D eigenvalue weighted by molar-refractivity contribution is 7.89. The number of nitrogens with one attached hydrogen (secondary N) is 1. The number of aryl methyl sites for hydroxylation is 1. The lowest BCUT2D eigenvalue weighted by Crippen LogP contribution is -2.48. The fourth-order valence-corrected chi connectivity index (χ4v) is 3.19. The Morgan fingerprint density at radius 3 is 2.43 bits per heavy atom. The van der Waals surface area contributed by atoms with E-state index in [1.165, 1.54) is 12.1 Å². The molecule has 0 spiro atoms. The lowest BCUT2D eigenvalue weighted by molar-refractivity contribution is -0.136. The summed E-state index contributed by atoms with van der Waals surface area (Å²) in [5, 5.41) is 8.62. The van der Waals surface area contributed by atoms with E-state index in [9.17, 15) is 13.2 Å². The Balaban J connectivity index is 1.97. The van der Waals surface area contributed by atoms with Crippen molar-refractivity contribution in [3.63, 3.8) is 0 Å². The number of carbonyl (C=O) groups is 1. The highest BCUT2D eigenvalue weighted by Gasteiger charge is 2.34. The van der Waals surface area contributed by atoms with Crippen LogP contribution < -0.4 is 4.72 Å². The molecule has 0 atom stereocenters. The van der Waals surface area contributed by atoms with Gasteiger partial charge in [0.1, 0.15) is 0 Å². The first-order chi connectivity index (χ1) is 9.81. The van der Waals surface area contributed by atoms with Crippen LogP contribution in [0, 0.1) is 5.41 Å². The van der Waals surface area contributed by atoms with Gasteiger partial charge in [0.25, 0.3) is 0 Å². The molecule has 116 valence electrons. The van der Waals surface area contributed by atoms with Crippen molar-refractivity contribution >= 4 is 16.0 Å². The molecule has 1 aromatic rings. The van der Waals surface area contributed by atoms with Gasteiger partial charge in [0.2, 0.25) is 10.0 Å². The zero-order valence-electron chi connectivity index (χ0n) is 11.8. The van der Waals surface area contributed by atoms with E-state index in [-0.39, 0.29) is 16.7 Å². The Labute approximate surface area is 124 Å². The molecule has 6 nitrogen and oxygen atoms in total. The number of hydrogen-bond acceptors (Lipinski definition) is 4. The molecule has 0 aromatic heterocycles. The van der Waals surface area contributed by atoms with Gasteiger partial charge < -0.3 is 9.84 Å².